The van der Waals surface area contributed by atoms with Crippen molar-refractivity contribution in [3.63, 3.8) is 0 Å². The van der Waals surface area contributed by atoms with Crippen LogP contribution in [-0.2, 0) is 7.05 Å². The lowest BCUT2D eigenvalue weighted by atomic mass is 10.0. The zero-order valence-electron chi connectivity index (χ0n) is 15.2. The predicted octanol–water partition coefficient (Wildman–Crippen LogP) is 4.78. The third-order valence-corrected chi connectivity index (χ3v) is 5.29. The normalized spacial score (nSPS) is 11.0. The molecule has 0 aliphatic heterocycles. The maximum atomic E-state index is 12.4. The lowest BCUT2D eigenvalue weighted by molar-refractivity contribution is 0.872. The Kier molecular flexibility index (Phi) is 4.73. The Labute approximate surface area is 161 Å². The predicted molar refractivity (Wildman–Crippen MR) is 113 cm³/mol. The fourth-order valence-corrected chi connectivity index (χ4v) is 3.87. The lowest BCUT2D eigenvalue weighted by Gasteiger charge is -2.15. The molecule has 0 radical (unpaired) electrons. The number of rotatable bonds is 5. The molecule has 0 spiro atoms. The second-order valence-electron chi connectivity index (χ2n) is 6.21. The summed E-state index contributed by atoms with van der Waals surface area (Å²) in [7, 11) is 1.78. The molecule has 0 amide bonds. The van der Waals surface area contributed by atoms with Gasteiger partial charge in [0.1, 0.15) is 11.3 Å². The van der Waals surface area contributed by atoms with Crippen LogP contribution in [0, 0.1) is 0 Å². The number of aromatic amines is 1. The Morgan fingerprint density at radius 1 is 1.19 bits per heavy atom. The zero-order chi connectivity index (χ0) is 18.8. The second kappa shape index (κ2) is 7.32. The van der Waals surface area contributed by atoms with Gasteiger partial charge in [0, 0.05) is 52.7 Å². The van der Waals surface area contributed by atoms with Crippen LogP contribution >= 0.6 is 11.8 Å². The topological polar surface area (TPSA) is 62.7 Å². The summed E-state index contributed by atoms with van der Waals surface area (Å²) in [6.45, 7) is 2.14. The molecule has 0 saturated carbocycles. The highest BCUT2D eigenvalue weighted by Crippen LogP contribution is 2.36. The number of benzene rings is 1. The lowest BCUT2D eigenvalue weighted by Crippen LogP contribution is -2.16. The number of H-pyrrole nitrogens is 1. The molecule has 0 unspecified atom stereocenters. The van der Waals surface area contributed by atoms with Crippen LogP contribution in [0.5, 0.6) is 0 Å². The summed E-state index contributed by atoms with van der Waals surface area (Å²) in [5.74, 6) is 1.78. The molecule has 0 fully saturated rings. The van der Waals surface area contributed by atoms with Crippen LogP contribution in [0.2, 0.25) is 0 Å². The number of hydrogen-bond acceptors (Lipinski definition) is 4. The fourth-order valence-electron chi connectivity index (χ4n) is 3.17. The highest BCUT2D eigenvalue weighted by atomic mass is 32.2. The molecular weight excluding hydrogens is 356 g/mol. The van der Waals surface area contributed by atoms with E-state index in [1.807, 2.05) is 36.7 Å². The van der Waals surface area contributed by atoms with Gasteiger partial charge in [-0.1, -0.05) is 13.0 Å². The first-order valence-electron chi connectivity index (χ1n) is 8.79. The molecule has 0 saturated heterocycles. The van der Waals surface area contributed by atoms with Crippen LogP contribution in [-0.4, -0.2) is 20.3 Å². The van der Waals surface area contributed by atoms with E-state index < -0.39 is 0 Å². The Balaban J connectivity index is 1.93. The van der Waals surface area contributed by atoms with Gasteiger partial charge in [-0.15, -0.1) is 11.8 Å². The number of nitrogens with one attached hydrogen (secondary N) is 2. The van der Waals surface area contributed by atoms with Crippen LogP contribution in [0.3, 0.4) is 0 Å². The average Bonchev–Trinajstić information content (AvgIpc) is 3.17. The van der Waals surface area contributed by atoms with Crippen LogP contribution in [0.4, 0.5) is 11.5 Å². The Morgan fingerprint density at radius 3 is 2.85 bits per heavy atom. The molecule has 4 aromatic rings. The van der Waals surface area contributed by atoms with E-state index in [9.17, 15) is 4.79 Å². The Hall–Kier alpha value is -2.99. The SMILES string of the molecule is CCSc1ccc(Nc2ccccn2)c(-c2cn(C)c(=O)c3[nH]ccc23)c1. The first-order valence-corrected chi connectivity index (χ1v) is 9.78. The molecule has 0 bridgehead atoms. The average molecular weight is 376 g/mol. The zero-order valence-corrected chi connectivity index (χ0v) is 16.0. The van der Waals surface area contributed by atoms with E-state index in [0.29, 0.717) is 5.52 Å². The van der Waals surface area contributed by atoms with Crippen molar-refractivity contribution in [1.82, 2.24) is 14.5 Å². The summed E-state index contributed by atoms with van der Waals surface area (Å²) >= 11 is 1.79. The number of aryl methyl sites for hydroxylation is 1. The number of aromatic nitrogens is 3. The van der Waals surface area contributed by atoms with Gasteiger partial charge in [-0.05, 0) is 42.2 Å². The third-order valence-electron chi connectivity index (χ3n) is 4.41. The number of anilines is 2. The Bertz CT molecular complexity index is 1150. The van der Waals surface area contributed by atoms with Crippen molar-refractivity contribution in [2.24, 2.45) is 7.05 Å². The van der Waals surface area contributed by atoms with Crippen molar-refractivity contribution in [3.8, 4) is 11.1 Å². The third kappa shape index (κ3) is 3.36. The monoisotopic (exact) mass is 376 g/mol. The molecule has 6 heteroatoms. The van der Waals surface area contributed by atoms with Crippen LogP contribution in [0.25, 0.3) is 22.0 Å². The van der Waals surface area contributed by atoms with E-state index in [0.717, 1.165) is 33.8 Å². The standard InChI is InChI=1S/C21H20N4OS/c1-3-27-14-7-8-18(24-19-6-4-5-10-22-19)16(12-14)17-13-25(2)21(26)20-15(17)9-11-23-20/h4-13,23H,3H2,1-2H3,(H,22,24). The van der Waals surface area contributed by atoms with Gasteiger partial charge in [-0.3, -0.25) is 4.79 Å². The van der Waals surface area contributed by atoms with Crippen LogP contribution in [0.1, 0.15) is 6.92 Å². The van der Waals surface area contributed by atoms with Gasteiger partial charge >= 0.3 is 0 Å². The van der Waals surface area contributed by atoms with Crippen LogP contribution in [0.15, 0.2) is 70.7 Å². The first-order chi connectivity index (χ1) is 13.2. The minimum atomic E-state index is -0.0305. The van der Waals surface area contributed by atoms with Crippen molar-refractivity contribution in [3.05, 3.63) is 71.4 Å². The number of thioether (sulfide) groups is 1. The van der Waals surface area contributed by atoms with Gasteiger partial charge in [-0.25, -0.2) is 4.98 Å². The van der Waals surface area contributed by atoms with E-state index in [4.69, 9.17) is 0 Å². The van der Waals surface area contributed by atoms with Crippen molar-refractivity contribution in [1.29, 1.82) is 0 Å². The molecule has 4 rings (SSSR count). The Morgan fingerprint density at radius 2 is 2.07 bits per heavy atom. The molecule has 5 nitrogen and oxygen atoms in total. The maximum Gasteiger partial charge on any atom is 0.274 e. The van der Waals surface area contributed by atoms with Gasteiger partial charge in [0.25, 0.3) is 5.56 Å². The van der Waals surface area contributed by atoms with Crippen molar-refractivity contribution in [2.75, 3.05) is 11.1 Å². The number of hydrogen-bond donors (Lipinski definition) is 2. The molecule has 27 heavy (non-hydrogen) atoms. The summed E-state index contributed by atoms with van der Waals surface area (Å²) < 4.78 is 1.62. The quantitative estimate of drug-likeness (QED) is 0.492. The molecule has 0 atom stereocenters. The maximum absolute atomic E-state index is 12.4. The van der Waals surface area contributed by atoms with E-state index in [-0.39, 0.29) is 5.56 Å². The van der Waals surface area contributed by atoms with Crippen LogP contribution < -0.4 is 10.9 Å². The summed E-state index contributed by atoms with van der Waals surface area (Å²) in [6.07, 6.45) is 5.48. The molecular formula is C21H20N4OS. The van der Waals surface area contributed by atoms with Gasteiger partial charge in [0.15, 0.2) is 0 Å². The molecule has 0 aliphatic rings. The van der Waals surface area contributed by atoms with Gasteiger partial charge in [0.2, 0.25) is 0 Å². The smallest absolute Gasteiger partial charge is 0.274 e. The van der Waals surface area contributed by atoms with E-state index >= 15 is 0 Å². The number of nitrogens with zero attached hydrogens (tertiary/aromatic N) is 2. The molecule has 2 N–H and O–H groups in total. The summed E-state index contributed by atoms with van der Waals surface area (Å²) in [5.41, 5.74) is 3.59. The van der Waals surface area contributed by atoms with Gasteiger partial charge in [0.05, 0.1) is 0 Å². The minimum Gasteiger partial charge on any atom is -0.357 e. The van der Waals surface area contributed by atoms with Gasteiger partial charge in [-0.2, -0.15) is 0 Å². The number of fused-ring (bicyclic) bond motifs is 1. The highest BCUT2D eigenvalue weighted by Gasteiger charge is 2.14. The number of pyridine rings is 2. The summed E-state index contributed by atoms with van der Waals surface area (Å²) in [5, 5.41) is 4.33. The van der Waals surface area contributed by atoms with Crippen molar-refractivity contribution in [2.45, 2.75) is 11.8 Å². The summed E-state index contributed by atoms with van der Waals surface area (Å²) in [6, 6.07) is 14.1. The fraction of sp³-hybridized carbons (Fsp3) is 0.143. The first kappa shape index (κ1) is 17.4. The van der Waals surface area contributed by atoms with E-state index in [2.05, 4.69) is 40.4 Å². The summed E-state index contributed by atoms with van der Waals surface area (Å²) in [4.78, 5) is 21.1. The molecule has 136 valence electrons. The minimum absolute atomic E-state index is 0.0305. The second-order valence-corrected chi connectivity index (χ2v) is 7.54. The molecule has 3 aromatic heterocycles. The molecule has 1 aromatic carbocycles. The van der Waals surface area contributed by atoms with Crippen molar-refractivity contribution < 1.29 is 0 Å². The van der Waals surface area contributed by atoms with Crippen molar-refractivity contribution >= 4 is 34.2 Å². The highest BCUT2D eigenvalue weighted by molar-refractivity contribution is 7.99. The van der Waals surface area contributed by atoms with E-state index in [1.165, 1.54) is 4.90 Å². The largest absolute Gasteiger partial charge is 0.357 e. The van der Waals surface area contributed by atoms with E-state index in [1.54, 1.807) is 29.6 Å². The molecule has 3 heterocycles. The molecule has 0 aliphatic carbocycles. The van der Waals surface area contributed by atoms with Gasteiger partial charge < -0.3 is 14.9 Å².